The van der Waals surface area contributed by atoms with Crippen LogP contribution < -0.4 is 10.9 Å². The molecule has 32 heavy (non-hydrogen) atoms. The normalized spacial score (nSPS) is 11.7. The Kier molecular flexibility index (Phi) is 6.12. The van der Waals surface area contributed by atoms with Crippen molar-refractivity contribution in [1.29, 1.82) is 0 Å². The first-order chi connectivity index (χ1) is 15.5. The molecule has 8 heteroatoms. The van der Waals surface area contributed by atoms with Gasteiger partial charge in [-0.2, -0.15) is 0 Å². The Morgan fingerprint density at radius 1 is 1.03 bits per heavy atom. The van der Waals surface area contributed by atoms with Crippen molar-refractivity contribution in [3.8, 4) is 11.5 Å². The molecule has 0 aliphatic heterocycles. The fraction of sp³-hybridized carbons (Fsp3) is 0.167. The SMILES string of the molecule is Cc1ncc(C(=O)N[C@H](Cc2cc(=O)[nH]c(-c3ccccn3)n2)c2ccccc2)c(C)n1. The van der Waals surface area contributed by atoms with E-state index in [1.54, 1.807) is 32.2 Å². The van der Waals surface area contributed by atoms with Crippen LogP contribution in [0, 0.1) is 13.8 Å². The Bertz CT molecular complexity index is 1290. The number of aromatic nitrogens is 5. The number of pyridine rings is 1. The standard InChI is InChI=1S/C24H22N6O2/c1-15-19(14-26-16(2)27-15)24(32)29-21(17-8-4-3-5-9-17)12-18-13-22(31)30-23(28-18)20-10-6-7-11-25-20/h3-11,13-14,21H,12H2,1-2H3,(H,29,32)(H,28,30,31)/t21-/m1/s1. The van der Waals surface area contributed by atoms with Gasteiger partial charge in [0.1, 0.15) is 11.5 Å². The van der Waals surface area contributed by atoms with Gasteiger partial charge in [-0.1, -0.05) is 36.4 Å². The van der Waals surface area contributed by atoms with Crippen molar-refractivity contribution in [2.45, 2.75) is 26.3 Å². The lowest BCUT2D eigenvalue weighted by Gasteiger charge is -2.20. The van der Waals surface area contributed by atoms with Gasteiger partial charge >= 0.3 is 0 Å². The van der Waals surface area contributed by atoms with E-state index in [-0.39, 0.29) is 11.5 Å². The smallest absolute Gasteiger partial charge is 0.255 e. The van der Waals surface area contributed by atoms with Crippen molar-refractivity contribution in [2.24, 2.45) is 0 Å². The molecular formula is C24H22N6O2. The van der Waals surface area contributed by atoms with Gasteiger partial charge < -0.3 is 10.3 Å². The maximum atomic E-state index is 13.0. The van der Waals surface area contributed by atoms with E-state index in [4.69, 9.17) is 0 Å². The number of H-pyrrole nitrogens is 1. The van der Waals surface area contributed by atoms with Crippen molar-refractivity contribution in [1.82, 2.24) is 30.2 Å². The van der Waals surface area contributed by atoms with Crippen LogP contribution in [0.4, 0.5) is 0 Å². The quantitative estimate of drug-likeness (QED) is 0.490. The molecule has 3 heterocycles. The molecule has 0 aliphatic rings. The first kappa shape index (κ1) is 21.0. The number of carbonyl (C=O) groups excluding carboxylic acids is 1. The van der Waals surface area contributed by atoms with Crippen molar-refractivity contribution >= 4 is 5.91 Å². The van der Waals surface area contributed by atoms with Crippen LogP contribution in [0.5, 0.6) is 0 Å². The van der Waals surface area contributed by atoms with Crippen LogP contribution in [0.3, 0.4) is 0 Å². The Morgan fingerprint density at radius 3 is 2.53 bits per heavy atom. The minimum absolute atomic E-state index is 0.281. The molecule has 3 aromatic heterocycles. The number of amides is 1. The largest absolute Gasteiger partial charge is 0.345 e. The van der Waals surface area contributed by atoms with Crippen molar-refractivity contribution in [2.75, 3.05) is 0 Å². The van der Waals surface area contributed by atoms with E-state index in [2.05, 4.69) is 30.2 Å². The number of rotatable bonds is 6. The zero-order chi connectivity index (χ0) is 22.5. The van der Waals surface area contributed by atoms with E-state index < -0.39 is 6.04 Å². The van der Waals surface area contributed by atoms with Crippen molar-refractivity contribution in [3.05, 3.63) is 106 Å². The summed E-state index contributed by atoms with van der Waals surface area (Å²) >= 11 is 0. The highest BCUT2D eigenvalue weighted by atomic mass is 16.1. The van der Waals surface area contributed by atoms with Crippen LogP contribution in [-0.2, 0) is 6.42 Å². The summed E-state index contributed by atoms with van der Waals surface area (Å²) in [5.74, 6) is 0.702. The summed E-state index contributed by atoms with van der Waals surface area (Å²) in [4.78, 5) is 45.3. The Morgan fingerprint density at radius 2 is 1.81 bits per heavy atom. The molecule has 1 amide bonds. The van der Waals surface area contributed by atoms with E-state index in [1.807, 2.05) is 36.4 Å². The molecule has 0 radical (unpaired) electrons. The predicted octanol–water partition coefficient (Wildman–Crippen LogP) is 2.95. The van der Waals surface area contributed by atoms with Gasteiger partial charge in [-0.3, -0.25) is 14.6 Å². The second-order valence-electron chi connectivity index (χ2n) is 7.36. The molecule has 0 aliphatic carbocycles. The molecule has 0 saturated heterocycles. The van der Waals surface area contributed by atoms with E-state index in [0.29, 0.717) is 40.7 Å². The monoisotopic (exact) mass is 426 g/mol. The Balaban J connectivity index is 1.66. The van der Waals surface area contributed by atoms with Gasteiger partial charge in [-0.15, -0.1) is 0 Å². The third kappa shape index (κ3) is 4.92. The number of nitrogens with one attached hydrogen (secondary N) is 2. The third-order valence-electron chi connectivity index (χ3n) is 4.97. The van der Waals surface area contributed by atoms with Crippen molar-refractivity contribution in [3.63, 3.8) is 0 Å². The average Bonchev–Trinajstić information content (AvgIpc) is 2.79. The van der Waals surface area contributed by atoms with Crippen LogP contribution in [0.2, 0.25) is 0 Å². The summed E-state index contributed by atoms with van der Waals surface area (Å²) in [6, 6.07) is 16.0. The molecule has 0 spiro atoms. The van der Waals surface area contributed by atoms with Gasteiger partial charge in [0.25, 0.3) is 11.5 Å². The lowest BCUT2D eigenvalue weighted by atomic mass is 10.0. The minimum atomic E-state index is -0.407. The van der Waals surface area contributed by atoms with E-state index in [9.17, 15) is 9.59 Å². The highest BCUT2D eigenvalue weighted by Gasteiger charge is 2.20. The van der Waals surface area contributed by atoms with Crippen molar-refractivity contribution < 1.29 is 4.79 Å². The fourth-order valence-corrected chi connectivity index (χ4v) is 3.43. The minimum Gasteiger partial charge on any atom is -0.345 e. The molecule has 1 atom stereocenters. The topological polar surface area (TPSA) is 114 Å². The van der Waals surface area contributed by atoms with Gasteiger partial charge in [0, 0.05) is 24.9 Å². The zero-order valence-electron chi connectivity index (χ0n) is 17.7. The molecule has 8 nitrogen and oxygen atoms in total. The molecule has 2 N–H and O–H groups in total. The molecule has 0 bridgehead atoms. The maximum Gasteiger partial charge on any atom is 0.255 e. The lowest BCUT2D eigenvalue weighted by molar-refractivity contribution is 0.0935. The number of hydrogen-bond donors (Lipinski definition) is 2. The van der Waals surface area contributed by atoms with E-state index in [0.717, 1.165) is 5.56 Å². The number of aryl methyl sites for hydroxylation is 2. The van der Waals surface area contributed by atoms with Crippen LogP contribution in [0.15, 0.2) is 71.8 Å². The molecule has 0 fully saturated rings. The number of aromatic amines is 1. The molecular weight excluding hydrogens is 404 g/mol. The maximum absolute atomic E-state index is 13.0. The zero-order valence-corrected chi connectivity index (χ0v) is 17.7. The number of benzene rings is 1. The van der Waals surface area contributed by atoms with Crippen LogP contribution in [0.1, 0.15) is 39.2 Å². The number of hydrogen-bond acceptors (Lipinski definition) is 6. The van der Waals surface area contributed by atoms with Gasteiger partial charge in [0.15, 0.2) is 5.82 Å². The second-order valence-corrected chi connectivity index (χ2v) is 7.36. The summed E-state index contributed by atoms with van der Waals surface area (Å²) in [7, 11) is 0. The summed E-state index contributed by atoms with van der Waals surface area (Å²) in [5.41, 5.74) is 2.74. The van der Waals surface area contributed by atoms with E-state index in [1.165, 1.54) is 12.3 Å². The summed E-state index contributed by atoms with van der Waals surface area (Å²) < 4.78 is 0. The molecule has 0 unspecified atom stereocenters. The third-order valence-corrected chi connectivity index (χ3v) is 4.97. The first-order valence-electron chi connectivity index (χ1n) is 10.2. The summed E-state index contributed by atoms with van der Waals surface area (Å²) in [5, 5.41) is 3.05. The highest BCUT2D eigenvalue weighted by molar-refractivity contribution is 5.95. The highest BCUT2D eigenvalue weighted by Crippen LogP contribution is 2.19. The van der Waals surface area contributed by atoms with Crippen LogP contribution in [-0.4, -0.2) is 30.8 Å². The molecule has 160 valence electrons. The summed E-state index contributed by atoms with van der Waals surface area (Å²) in [6.45, 7) is 3.55. The van der Waals surface area contributed by atoms with Gasteiger partial charge in [0.05, 0.1) is 23.0 Å². The molecule has 0 saturated carbocycles. The second kappa shape index (κ2) is 9.30. The lowest BCUT2D eigenvalue weighted by Crippen LogP contribution is -2.31. The van der Waals surface area contributed by atoms with Crippen LogP contribution >= 0.6 is 0 Å². The summed E-state index contributed by atoms with van der Waals surface area (Å²) in [6.07, 6.45) is 3.49. The number of carbonyl (C=O) groups is 1. The Hall–Kier alpha value is -4.20. The molecule has 4 aromatic rings. The molecule has 4 rings (SSSR count). The Labute approximate surface area is 184 Å². The number of nitrogens with zero attached hydrogens (tertiary/aromatic N) is 4. The van der Waals surface area contributed by atoms with Gasteiger partial charge in [-0.25, -0.2) is 15.0 Å². The van der Waals surface area contributed by atoms with Gasteiger partial charge in [0.2, 0.25) is 0 Å². The molecule has 1 aromatic carbocycles. The predicted molar refractivity (Wildman–Crippen MR) is 120 cm³/mol. The van der Waals surface area contributed by atoms with E-state index >= 15 is 0 Å². The van der Waals surface area contributed by atoms with Gasteiger partial charge in [-0.05, 0) is 31.5 Å². The first-order valence-corrected chi connectivity index (χ1v) is 10.2. The average molecular weight is 426 g/mol. The van der Waals surface area contributed by atoms with Crippen LogP contribution in [0.25, 0.3) is 11.5 Å². The fourth-order valence-electron chi connectivity index (χ4n) is 3.43.